The maximum Gasteiger partial charge on any atom is 0.242 e. The van der Waals surface area contributed by atoms with E-state index in [2.05, 4.69) is 4.72 Å². The molecule has 0 heterocycles. The van der Waals surface area contributed by atoms with Crippen molar-refractivity contribution in [2.75, 3.05) is 0 Å². The summed E-state index contributed by atoms with van der Waals surface area (Å²) in [6, 6.07) is 10.4. The van der Waals surface area contributed by atoms with E-state index in [4.69, 9.17) is 17.3 Å². The van der Waals surface area contributed by atoms with Crippen LogP contribution in [0.5, 0.6) is 0 Å². The molecule has 3 N–H and O–H groups in total. The van der Waals surface area contributed by atoms with Crippen molar-refractivity contribution in [3.8, 4) is 0 Å². The Balaban J connectivity index is 2.24. The Hall–Kier alpha value is -1.47. The molecule has 0 aliphatic rings. The molecule has 112 valence electrons. The van der Waals surface area contributed by atoms with E-state index >= 15 is 0 Å². The van der Waals surface area contributed by atoms with Gasteiger partial charge in [0.15, 0.2) is 0 Å². The minimum atomic E-state index is -3.90. The topological polar surface area (TPSA) is 72.2 Å². The third-order valence-electron chi connectivity index (χ3n) is 2.97. The molecule has 0 saturated carbocycles. The molecule has 0 aromatic heterocycles. The quantitative estimate of drug-likeness (QED) is 0.885. The predicted molar refractivity (Wildman–Crippen MR) is 79.8 cm³/mol. The van der Waals surface area contributed by atoms with Crippen molar-refractivity contribution < 1.29 is 12.8 Å². The van der Waals surface area contributed by atoms with Gasteiger partial charge in [-0.2, -0.15) is 0 Å². The summed E-state index contributed by atoms with van der Waals surface area (Å²) in [5.41, 5.74) is 7.20. The second kappa shape index (κ2) is 6.53. The van der Waals surface area contributed by atoms with Crippen molar-refractivity contribution in [2.45, 2.75) is 18.0 Å². The van der Waals surface area contributed by atoms with Crippen LogP contribution in [0.25, 0.3) is 0 Å². The van der Waals surface area contributed by atoms with E-state index in [1.807, 2.05) is 12.1 Å². The lowest BCUT2D eigenvalue weighted by Gasteiger charge is -2.11. The van der Waals surface area contributed by atoms with Gasteiger partial charge in [0.25, 0.3) is 0 Å². The standard InChI is InChI=1S/C14H14ClFN2O2S/c15-13-6-5-12(16)7-14(13)21(19,20)18-9-11-4-2-1-3-10(11)8-17/h1-7,18H,8-9,17H2. The molecular weight excluding hydrogens is 315 g/mol. The molecule has 0 unspecified atom stereocenters. The number of hydrogen-bond donors (Lipinski definition) is 2. The Morgan fingerprint density at radius 2 is 1.81 bits per heavy atom. The first-order chi connectivity index (χ1) is 9.94. The lowest BCUT2D eigenvalue weighted by atomic mass is 10.1. The summed E-state index contributed by atoms with van der Waals surface area (Å²) in [6.07, 6.45) is 0. The van der Waals surface area contributed by atoms with Crippen LogP contribution in [-0.4, -0.2) is 8.42 Å². The van der Waals surface area contributed by atoms with Crippen LogP contribution in [0.2, 0.25) is 5.02 Å². The van der Waals surface area contributed by atoms with Crippen LogP contribution in [0, 0.1) is 5.82 Å². The number of hydrogen-bond acceptors (Lipinski definition) is 3. The van der Waals surface area contributed by atoms with Crippen LogP contribution in [-0.2, 0) is 23.1 Å². The maximum atomic E-state index is 13.2. The van der Waals surface area contributed by atoms with Crippen molar-refractivity contribution in [3.05, 3.63) is 64.4 Å². The first-order valence-electron chi connectivity index (χ1n) is 6.15. The first kappa shape index (κ1) is 15.9. The van der Waals surface area contributed by atoms with Gasteiger partial charge in [-0.15, -0.1) is 0 Å². The number of halogens is 2. The molecule has 0 aliphatic carbocycles. The molecule has 0 fully saturated rings. The second-order valence-corrected chi connectivity index (χ2v) is 6.51. The molecule has 2 rings (SSSR count). The van der Waals surface area contributed by atoms with Gasteiger partial charge < -0.3 is 5.73 Å². The summed E-state index contributed by atoms with van der Waals surface area (Å²) in [7, 11) is -3.90. The Kier molecular flexibility index (Phi) is 4.95. The molecule has 2 aromatic carbocycles. The van der Waals surface area contributed by atoms with Gasteiger partial charge in [0.1, 0.15) is 10.7 Å². The molecule has 0 spiro atoms. The van der Waals surface area contributed by atoms with Gasteiger partial charge in [-0.05, 0) is 29.3 Å². The minimum Gasteiger partial charge on any atom is -0.326 e. The average molecular weight is 329 g/mol. The Morgan fingerprint density at radius 3 is 2.48 bits per heavy atom. The number of rotatable bonds is 5. The zero-order chi connectivity index (χ0) is 15.5. The smallest absolute Gasteiger partial charge is 0.242 e. The highest BCUT2D eigenvalue weighted by atomic mass is 35.5. The van der Waals surface area contributed by atoms with Crippen LogP contribution >= 0.6 is 11.6 Å². The summed E-state index contributed by atoms with van der Waals surface area (Å²) >= 11 is 5.82. The van der Waals surface area contributed by atoms with Crippen molar-refractivity contribution >= 4 is 21.6 Å². The molecule has 0 amide bonds. The van der Waals surface area contributed by atoms with Gasteiger partial charge in [0.2, 0.25) is 10.0 Å². The zero-order valence-corrected chi connectivity index (χ0v) is 12.6. The largest absolute Gasteiger partial charge is 0.326 e. The molecule has 0 radical (unpaired) electrons. The maximum absolute atomic E-state index is 13.2. The first-order valence-corrected chi connectivity index (χ1v) is 8.01. The molecular formula is C14H14ClFN2O2S. The third-order valence-corrected chi connectivity index (χ3v) is 4.86. The zero-order valence-electron chi connectivity index (χ0n) is 11.0. The summed E-state index contributed by atoms with van der Waals surface area (Å²) < 4.78 is 40.0. The SMILES string of the molecule is NCc1ccccc1CNS(=O)(=O)c1cc(F)ccc1Cl. The highest BCUT2D eigenvalue weighted by molar-refractivity contribution is 7.89. The van der Waals surface area contributed by atoms with Gasteiger partial charge in [-0.1, -0.05) is 35.9 Å². The van der Waals surface area contributed by atoms with Crippen LogP contribution in [0.3, 0.4) is 0 Å². The van der Waals surface area contributed by atoms with Crippen LogP contribution in [0.4, 0.5) is 4.39 Å². The van der Waals surface area contributed by atoms with Crippen LogP contribution < -0.4 is 10.5 Å². The van der Waals surface area contributed by atoms with Crippen molar-refractivity contribution in [2.24, 2.45) is 5.73 Å². The summed E-state index contributed by atoms with van der Waals surface area (Å²) in [4.78, 5) is -0.283. The Morgan fingerprint density at radius 1 is 1.14 bits per heavy atom. The van der Waals surface area contributed by atoms with E-state index in [-0.39, 0.29) is 16.5 Å². The fourth-order valence-electron chi connectivity index (χ4n) is 1.86. The van der Waals surface area contributed by atoms with Gasteiger partial charge in [-0.3, -0.25) is 0 Å². The minimum absolute atomic E-state index is 0.0315. The molecule has 4 nitrogen and oxygen atoms in total. The van der Waals surface area contributed by atoms with Gasteiger partial charge in [0.05, 0.1) is 5.02 Å². The summed E-state index contributed by atoms with van der Waals surface area (Å²) in [5, 5.41) is -0.0315. The van der Waals surface area contributed by atoms with Gasteiger partial charge in [-0.25, -0.2) is 17.5 Å². The Labute approximate surface area is 127 Å². The molecule has 21 heavy (non-hydrogen) atoms. The molecule has 0 aliphatic heterocycles. The van der Waals surface area contributed by atoms with Crippen LogP contribution in [0.1, 0.15) is 11.1 Å². The fraction of sp³-hybridized carbons (Fsp3) is 0.143. The van der Waals surface area contributed by atoms with Crippen molar-refractivity contribution in [1.29, 1.82) is 0 Å². The highest BCUT2D eigenvalue weighted by Crippen LogP contribution is 2.22. The highest BCUT2D eigenvalue weighted by Gasteiger charge is 2.18. The third kappa shape index (κ3) is 3.79. The van der Waals surface area contributed by atoms with E-state index < -0.39 is 15.8 Å². The number of nitrogens with two attached hydrogens (primary N) is 1. The average Bonchev–Trinajstić information content (AvgIpc) is 2.48. The van der Waals surface area contributed by atoms with Crippen molar-refractivity contribution in [3.63, 3.8) is 0 Å². The summed E-state index contributed by atoms with van der Waals surface area (Å²) in [6.45, 7) is 0.362. The van der Waals surface area contributed by atoms with E-state index in [0.717, 1.165) is 23.3 Å². The molecule has 0 saturated heterocycles. The van der Waals surface area contributed by atoms with Crippen LogP contribution in [0.15, 0.2) is 47.4 Å². The van der Waals surface area contributed by atoms with E-state index in [1.165, 1.54) is 6.07 Å². The Bertz CT molecular complexity index is 750. The number of benzene rings is 2. The van der Waals surface area contributed by atoms with Gasteiger partial charge >= 0.3 is 0 Å². The molecule has 0 bridgehead atoms. The lowest BCUT2D eigenvalue weighted by molar-refractivity contribution is 0.577. The monoisotopic (exact) mass is 328 g/mol. The number of sulfonamides is 1. The summed E-state index contributed by atoms with van der Waals surface area (Å²) in [5.74, 6) is -0.665. The van der Waals surface area contributed by atoms with Crippen molar-refractivity contribution in [1.82, 2.24) is 4.72 Å². The second-order valence-electron chi connectivity index (χ2n) is 4.37. The molecule has 2 aromatic rings. The molecule has 0 atom stereocenters. The van der Waals surface area contributed by atoms with E-state index in [0.29, 0.717) is 6.54 Å². The predicted octanol–water partition coefficient (Wildman–Crippen LogP) is 2.42. The number of nitrogens with one attached hydrogen (secondary N) is 1. The van der Waals surface area contributed by atoms with Gasteiger partial charge in [0, 0.05) is 13.1 Å². The fourth-order valence-corrected chi connectivity index (χ4v) is 3.38. The lowest BCUT2D eigenvalue weighted by Crippen LogP contribution is -2.24. The van der Waals surface area contributed by atoms with E-state index in [9.17, 15) is 12.8 Å². The normalized spacial score (nSPS) is 11.6. The van der Waals surface area contributed by atoms with E-state index in [1.54, 1.807) is 12.1 Å². The molecule has 7 heteroatoms.